The van der Waals surface area contributed by atoms with Gasteiger partial charge >= 0.3 is 0 Å². The van der Waals surface area contributed by atoms with Crippen LogP contribution in [0.15, 0.2) is 36.4 Å². The standard InChI is InChI=1S/C16H17FN2O/c1-20-14-4-2-12(15(17)9-14)10-19-7-6-11-8-13(18)3-5-16(11)19/h2-5,8-9H,6-7,10,18H2,1H3. The SMILES string of the molecule is COc1ccc(CN2CCc3cc(N)ccc32)c(F)c1. The summed E-state index contributed by atoms with van der Waals surface area (Å²) in [7, 11) is 1.54. The van der Waals surface area contributed by atoms with Crippen molar-refractivity contribution in [2.24, 2.45) is 0 Å². The fraction of sp³-hybridized carbons (Fsp3) is 0.250. The summed E-state index contributed by atoms with van der Waals surface area (Å²) in [6.07, 6.45) is 0.956. The van der Waals surface area contributed by atoms with Crippen LogP contribution in [-0.4, -0.2) is 13.7 Å². The molecule has 1 aliphatic heterocycles. The molecule has 3 rings (SSSR count). The molecule has 0 aromatic heterocycles. The molecule has 3 nitrogen and oxygen atoms in total. The zero-order chi connectivity index (χ0) is 14.1. The van der Waals surface area contributed by atoms with Gasteiger partial charge in [-0.05, 0) is 36.2 Å². The molecule has 0 saturated heterocycles. The van der Waals surface area contributed by atoms with Gasteiger partial charge in [0, 0.05) is 36.1 Å². The van der Waals surface area contributed by atoms with E-state index in [0.29, 0.717) is 17.9 Å². The average Bonchev–Trinajstić information content (AvgIpc) is 2.83. The number of nitrogen functional groups attached to an aromatic ring is 1. The van der Waals surface area contributed by atoms with E-state index in [2.05, 4.69) is 4.90 Å². The molecule has 0 radical (unpaired) electrons. The van der Waals surface area contributed by atoms with E-state index in [1.807, 2.05) is 18.2 Å². The van der Waals surface area contributed by atoms with Gasteiger partial charge < -0.3 is 15.4 Å². The highest BCUT2D eigenvalue weighted by Gasteiger charge is 2.20. The van der Waals surface area contributed by atoms with Gasteiger partial charge in [0.2, 0.25) is 0 Å². The van der Waals surface area contributed by atoms with Gasteiger partial charge in [-0.1, -0.05) is 6.07 Å². The summed E-state index contributed by atoms with van der Waals surface area (Å²) >= 11 is 0. The van der Waals surface area contributed by atoms with Crippen LogP contribution in [0.4, 0.5) is 15.8 Å². The molecule has 0 aliphatic carbocycles. The van der Waals surface area contributed by atoms with Crippen LogP contribution in [0.1, 0.15) is 11.1 Å². The van der Waals surface area contributed by atoms with Crippen LogP contribution in [0.3, 0.4) is 0 Å². The lowest BCUT2D eigenvalue weighted by atomic mass is 10.1. The molecule has 1 heterocycles. The van der Waals surface area contributed by atoms with Crippen molar-refractivity contribution < 1.29 is 9.13 Å². The number of anilines is 2. The number of fused-ring (bicyclic) bond motifs is 1. The van der Waals surface area contributed by atoms with Crippen molar-refractivity contribution in [2.45, 2.75) is 13.0 Å². The van der Waals surface area contributed by atoms with Crippen LogP contribution in [0.2, 0.25) is 0 Å². The van der Waals surface area contributed by atoms with E-state index in [-0.39, 0.29) is 5.82 Å². The molecule has 0 amide bonds. The van der Waals surface area contributed by atoms with Gasteiger partial charge in [0.1, 0.15) is 11.6 Å². The number of hydrogen-bond acceptors (Lipinski definition) is 3. The highest BCUT2D eigenvalue weighted by molar-refractivity contribution is 5.63. The number of ether oxygens (including phenoxy) is 1. The van der Waals surface area contributed by atoms with Crippen molar-refractivity contribution in [1.82, 2.24) is 0 Å². The third-order valence-electron chi connectivity index (χ3n) is 3.72. The fourth-order valence-corrected chi connectivity index (χ4v) is 2.64. The highest BCUT2D eigenvalue weighted by atomic mass is 19.1. The van der Waals surface area contributed by atoms with E-state index < -0.39 is 0 Å². The quantitative estimate of drug-likeness (QED) is 0.873. The minimum absolute atomic E-state index is 0.228. The van der Waals surface area contributed by atoms with E-state index in [1.54, 1.807) is 12.1 Å². The van der Waals surface area contributed by atoms with E-state index >= 15 is 0 Å². The van der Waals surface area contributed by atoms with Gasteiger partial charge in [0.15, 0.2) is 0 Å². The second-order valence-electron chi connectivity index (χ2n) is 5.02. The van der Waals surface area contributed by atoms with Crippen LogP contribution in [0.25, 0.3) is 0 Å². The summed E-state index contributed by atoms with van der Waals surface area (Å²) in [6, 6.07) is 10.9. The lowest BCUT2D eigenvalue weighted by molar-refractivity contribution is 0.410. The number of nitrogens with zero attached hydrogens (tertiary/aromatic N) is 1. The van der Waals surface area contributed by atoms with Gasteiger partial charge in [-0.15, -0.1) is 0 Å². The molecule has 4 heteroatoms. The third kappa shape index (κ3) is 2.29. The second-order valence-corrected chi connectivity index (χ2v) is 5.02. The number of rotatable bonds is 3. The van der Waals surface area contributed by atoms with Crippen molar-refractivity contribution in [2.75, 3.05) is 24.3 Å². The Morgan fingerprint density at radius 1 is 1.25 bits per heavy atom. The highest BCUT2D eigenvalue weighted by Crippen LogP contribution is 2.31. The molecule has 0 bridgehead atoms. The number of nitrogens with two attached hydrogens (primary N) is 1. The van der Waals surface area contributed by atoms with E-state index in [0.717, 1.165) is 24.3 Å². The van der Waals surface area contributed by atoms with E-state index in [1.165, 1.54) is 18.7 Å². The molecule has 1 aliphatic rings. The minimum atomic E-state index is -0.228. The van der Waals surface area contributed by atoms with Crippen LogP contribution >= 0.6 is 0 Å². The van der Waals surface area contributed by atoms with E-state index in [4.69, 9.17) is 10.5 Å². The Labute approximate surface area is 117 Å². The molecule has 2 aromatic rings. The maximum Gasteiger partial charge on any atom is 0.131 e. The maximum atomic E-state index is 14.0. The Bertz CT molecular complexity index is 642. The van der Waals surface area contributed by atoms with Crippen LogP contribution in [0.5, 0.6) is 5.75 Å². The number of methoxy groups -OCH3 is 1. The normalized spacial score (nSPS) is 13.4. The monoisotopic (exact) mass is 272 g/mol. The summed E-state index contributed by atoms with van der Waals surface area (Å²) in [6.45, 7) is 1.46. The molecule has 0 atom stereocenters. The van der Waals surface area contributed by atoms with Crippen molar-refractivity contribution in [3.05, 3.63) is 53.3 Å². The van der Waals surface area contributed by atoms with E-state index in [9.17, 15) is 4.39 Å². The Hall–Kier alpha value is -2.23. The van der Waals surface area contributed by atoms with Crippen molar-refractivity contribution in [3.8, 4) is 5.75 Å². The second kappa shape index (κ2) is 5.04. The average molecular weight is 272 g/mol. The summed E-state index contributed by atoms with van der Waals surface area (Å²) in [5.74, 6) is 0.314. The number of halogens is 1. The Morgan fingerprint density at radius 3 is 2.85 bits per heavy atom. The van der Waals surface area contributed by atoms with Gasteiger partial charge in [-0.2, -0.15) is 0 Å². The van der Waals surface area contributed by atoms with Crippen LogP contribution in [0, 0.1) is 5.82 Å². The smallest absolute Gasteiger partial charge is 0.131 e. The Kier molecular flexibility index (Phi) is 3.22. The topological polar surface area (TPSA) is 38.5 Å². The summed E-state index contributed by atoms with van der Waals surface area (Å²) in [5, 5.41) is 0. The maximum absolute atomic E-state index is 14.0. The van der Waals surface area contributed by atoms with Crippen molar-refractivity contribution in [3.63, 3.8) is 0 Å². The molecule has 0 fully saturated rings. The summed E-state index contributed by atoms with van der Waals surface area (Å²) in [5.41, 5.74) is 9.63. The number of benzene rings is 2. The van der Waals surface area contributed by atoms with Crippen LogP contribution < -0.4 is 15.4 Å². The first-order valence-corrected chi connectivity index (χ1v) is 6.63. The third-order valence-corrected chi connectivity index (χ3v) is 3.72. The molecular weight excluding hydrogens is 255 g/mol. The van der Waals surface area contributed by atoms with Gasteiger partial charge in [-0.25, -0.2) is 4.39 Å². The summed E-state index contributed by atoms with van der Waals surface area (Å²) in [4.78, 5) is 2.18. The lowest BCUT2D eigenvalue weighted by Crippen LogP contribution is -2.20. The van der Waals surface area contributed by atoms with Crippen LogP contribution in [-0.2, 0) is 13.0 Å². The molecule has 2 aromatic carbocycles. The Balaban J connectivity index is 1.84. The lowest BCUT2D eigenvalue weighted by Gasteiger charge is -2.20. The largest absolute Gasteiger partial charge is 0.497 e. The first-order valence-electron chi connectivity index (χ1n) is 6.63. The molecule has 104 valence electrons. The zero-order valence-corrected chi connectivity index (χ0v) is 11.4. The molecule has 2 N–H and O–H groups in total. The molecule has 0 spiro atoms. The first kappa shape index (κ1) is 12.8. The minimum Gasteiger partial charge on any atom is -0.497 e. The number of hydrogen-bond donors (Lipinski definition) is 1. The summed E-state index contributed by atoms with van der Waals surface area (Å²) < 4.78 is 19.0. The molecular formula is C16H17FN2O. The van der Waals surface area contributed by atoms with Crippen molar-refractivity contribution >= 4 is 11.4 Å². The zero-order valence-electron chi connectivity index (χ0n) is 11.4. The van der Waals surface area contributed by atoms with Gasteiger partial charge in [0.05, 0.1) is 7.11 Å². The van der Waals surface area contributed by atoms with Gasteiger partial charge in [-0.3, -0.25) is 0 Å². The van der Waals surface area contributed by atoms with Crippen molar-refractivity contribution in [1.29, 1.82) is 0 Å². The molecule has 0 unspecified atom stereocenters. The molecule has 0 saturated carbocycles. The first-order chi connectivity index (χ1) is 9.67. The predicted octanol–water partition coefficient (Wildman–Crippen LogP) is 2.98. The Morgan fingerprint density at radius 2 is 2.10 bits per heavy atom. The predicted molar refractivity (Wildman–Crippen MR) is 78.6 cm³/mol. The van der Waals surface area contributed by atoms with Gasteiger partial charge in [0.25, 0.3) is 0 Å². The fourth-order valence-electron chi connectivity index (χ4n) is 2.64. The molecule has 20 heavy (non-hydrogen) atoms.